The maximum atomic E-state index is 12.3. The minimum absolute atomic E-state index is 0.242. The molecule has 0 saturated heterocycles. The Morgan fingerprint density at radius 3 is 2.29 bits per heavy atom. The Balaban J connectivity index is 1.41. The quantitative estimate of drug-likeness (QED) is 0.241. The monoisotopic (exact) mass is 524 g/mol. The first-order chi connectivity index (χ1) is 16.6. The van der Waals surface area contributed by atoms with Crippen LogP contribution in [0.1, 0.15) is 43.0 Å². The molecule has 3 rings (SSSR count). The number of nitrogens with one attached hydrogen (secondary N) is 2. The van der Waals surface area contributed by atoms with Crippen molar-refractivity contribution in [2.24, 2.45) is 0 Å². The summed E-state index contributed by atoms with van der Waals surface area (Å²) in [6.45, 7) is 2.59. The molecule has 7 heteroatoms. The first kappa shape index (κ1) is 25.3. The second-order valence-electron chi connectivity index (χ2n) is 7.74. The summed E-state index contributed by atoms with van der Waals surface area (Å²) in [5.41, 5.74) is 7.29. The van der Waals surface area contributed by atoms with Crippen LogP contribution >= 0.6 is 15.9 Å². The van der Waals surface area contributed by atoms with Gasteiger partial charge >= 0.3 is 0 Å². The molecule has 0 heterocycles. The van der Waals surface area contributed by atoms with E-state index in [1.54, 1.807) is 30.3 Å². The van der Waals surface area contributed by atoms with Gasteiger partial charge in [0.05, 0.1) is 11.1 Å². The fraction of sp³-hybridized carbons (Fsp3) is 0.259. The average Bonchev–Trinajstić information content (AvgIpc) is 2.87. The maximum Gasteiger partial charge on any atom is 0.276 e. The summed E-state index contributed by atoms with van der Waals surface area (Å²) in [5, 5.41) is 0. The molecule has 0 aromatic heterocycles. The average molecular weight is 525 g/mol. The van der Waals surface area contributed by atoms with Crippen LogP contribution in [0.2, 0.25) is 0 Å². The predicted octanol–water partition coefficient (Wildman–Crippen LogP) is 5.92. The van der Waals surface area contributed by atoms with Crippen molar-refractivity contribution in [1.29, 1.82) is 0 Å². The van der Waals surface area contributed by atoms with Crippen molar-refractivity contribution in [1.82, 2.24) is 10.9 Å². The number of hydrogen-bond acceptors (Lipinski definition) is 4. The zero-order valence-electron chi connectivity index (χ0n) is 19.2. The molecule has 2 N–H and O–H groups in total. The molecule has 0 aliphatic rings. The molecule has 3 aromatic rings. The summed E-state index contributed by atoms with van der Waals surface area (Å²) in [6, 6.07) is 22.4. The molecular formula is C27H29BrN2O4. The molecule has 34 heavy (non-hydrogen) atoms. The molecule has 0 radical (unpaired) electrons. The molecular weight excluding hydrogens is 496 g/mol. The molecule has 2 amide bonds. The lowest BCUT2D eigenvalue weighted by Gasteiger charge is -2.11. The number of hydrazine groups is 1. The lowest BCUT2D eigenvalue weighted by molar-refractivity contribution is -0.123. The van der Waals surface area contributed by atoms with Crippen LogP contribution in [0.15, 0.2) is 77.3 Å². The van der Waals surface area contributed by atoms with E-state index in [0.717, 1.165) is 28.4 Å². The van der Waals surface area contributed by atoms with Gasteiger partial charge in [-0.3, -0.25) is 20.4 Å². The van der Waals surface area contributed by atoms with E-state index in [9.17, 15) is 9.59 Å². The van der Waals surface area contributed by atoms with Crippen LogP contribution in [0.4, 0.5) is 0 Å². The molecule has 0 bridgehead atoms. The highest BCUT2D eigenvalue weighted by Crippen LogP contribution is 2.30. The Morgan fingerprint density at radius 1 is 0.824 bits per heavy atom. The Labute approximate surface area is 208 Å². The van der Waals surface area contributed by atoms with E-state index in [2.05, 4.69) is 33.7 Å². The summed E-state index contributed by atoms with van der Waals surface area (Å²) in [6.07, 6.45) is 4.55. The van der Waals surface area contributed by atoms with Crippen LogP contribution in [-0.2, 0) is 4.79 Å². The summed E-state index contributed by atoms with van der Waals surface area (Å²) in [5.74, 6) is 0.358. The van der Waals surface area contributed by atoms with Crippen molar-refractivity contribution in [3.63, 3.8) is 0 Å². The second-order valence-corrected chi connectivity index (χ2v) is 8.59. The Hall–Kier alpha value is -3.32. The highest BCUT2D eigenvalue weighted by molar-refractivity contribution is 9.10. The van der Waals surface area contributed by atoms with Gasteiger partial charge in [-0.2, -0.15) is 0 Å². The van der Waals surface area contributed by atoms with E-state index >= 15 is 0 Å². The highest BCUT2D eigenvalue weighted by Gasteiger charge is 2.10. The number of unbranched alkanes of at least 4 members (excludes halogenated alkanes) is 3. The van der Waals surface area contributed by atoms with Crippen LogP contribution in [0.5, 0.6) is 11.5 Å². The van der Waals surface area contributed by atoms with E-state index in [0.29, 0.717) is 23.7 Å². The van der Waals surface area contributed by atoms with Crippen LogP contribution in [0.25, 0.3) is 11.1 Å². The molecule has 0 atom stereocenters. The number of benzene rings is 3. The van der Waals surface area contributed by atoms with Crippen LogP contribution in [-0.4, -0.2) is 25.0 Å². The minimum atomic E-state index is -0.473. The highest BCUT2D eigenvalue weighted by atomic mass is 79.9. The number of ether oxygens (including phenoxy) is 2. The van der Waals surface area contributed by atoms with Gasteiger partial charge in [-0.15, -0.1) is 0 Å². The Morgan fingerprint density at radius 2 is 1.59 bits per heavy atom. The lowest BCUT2D eigenvalue weighted by Crippen LogP contribution is -2.43. The van der Waals surface area contributed by atoms with Gasteiger partial charge in [-0.05, 0) is 69.9 Å². The van der Waals surface area contributed by atoms with Gasteiger partial charge in [0.2, 0.25) is 0 Å². The fourth-order valence-corrected chi connectivity index (χ4v) is 3.72. The number of carbonyl (C=O) groups excluding carboxylic acids is 2. The molecule has 0 unspecified atom stereocenters. The lowest BCUT2D eigenvalue weighted by atomic mass is 10.1. The van der Waals surface area contributed by atoms with E-state index in [1.807, 2.05) is 42.5 Å². The third kappa shape index (κ3) is 7.92. The number of hydrogen-bond donors (Lipinski definition) is 2. The van der Waals surface area contributed by atoms with Gasteiger partial charge in [-0.25, -0.2) is 0 Å². The fourth-order valence-electron chi connectivity index (χ4n) is 3.23. The van der Waals surface area contributed by atoms with Crippen molar-refractivity contribution >= 4 is 27.7 Å². The van der Waals surface area contributed by atoms with Crippen LogP contribution in [0, 0.1) is 0 Å². The van der Waals surface area contributed by atoms with Gasteiger partial charge in [0.25, 0.3) is 11.8 Å². The van der Waals surface area contributed by atoms with Gasteiger partial charge in [-0.1, -0.05) is 62.6 Å². The largest absolute Gasteiger partial charge is 0.494 e. The maximum absolute atomic E-state index is 12.3. The smallest absolute Gasteiger partial charge is 0.276 e. The molecule has 3 aromatic carbocycles. The predicted molar refractivity (Wildman–Crippen MR) is 137 cm³/mol. The van der Waals surface area contributed by atoms with Gasteiger partial charge in [0.15, 0.2) is 6.61 Å². The van der Waals surface area contributed by atoms with Crippen molar-refractivity contribution in [2.45, 2.75) is 32.6 Å². The van der Waals surface area contributed by atoms with E-state index in [1.165, 1.54) is 12.8 Å². The number of amides is 2. The topological polar surface area (TPSA) is 76.7 Å². The molecule has 0 spiro atoms. The van der Waals surface area contributed by atoms with Crippen molar-refractivity contribution in [2.75, 3.05) is 13.2 Å². The molecule has 0 fully saturated rings. The Kier molecular flexibility index (Phi) is 9.98. The summed E-state index contributed by atoms with van der Waals surface area (Å²) < 4.78 is 12.0. The number of rotatable bonds is 11. The standard InChI is InChI=1S/C27H29BrN2O4/c1-2-3-4-8-17-33-23-14-11-21(12-15-23)27(32)30-29-26(31)19-34-25-16-13-22(18-24(25)28)20-9-6-5-7-10-20/h5-7,9-16,18H,2-4,8,17,19H2,1H3,(H,29,31)(H,30,32). The van der Waals surface area contributed by atoms with Gasteiger partial charge in [0, 0.05) is 5.56 Å². The molecule has 0 aliphatic heterocycles. The number of carbonyl (C=O) groups is 2. The van der Waals surface area contributed by atoms with E-state index in [4.69, 9.17) is 9.47 Å². The van der Waals surface area contributed by atoms with Crippen molar-refractivity contribution in [3.8, 4) is 22.6 Å². The third-order valence-corrected chi connectivity index (χ3v) is 5.72. The minimum Gasteiger partial charge on any atom is -0.494 e. The van der Waals surface area contributed by atoms with Crippen LogP contribution in [0.3, 0.4) is 0 Å². The van der Waals surface area contributed by atoms with E-state index in [-0.39, 0.29) is 6.61 Å². The summed E-state index contributed by atoms with van der Waals surface area (Å²) >= 11 is 3.48. The first-order valence-electron chi connectivity index (χ1n) is 11.4. The Bertz CT molecular complexity index is 1070. The molecule has 178 valence electrons. The second kappa shape index (κ2) is 13.4. The van der Waals surface area contributed by atoms with Gasteiger partial charge < -0.3 is 9.47 Å². The zero-order valence-corrected chi connectivity index (χ0v) is 20.8. The SMILES string of the molecule is CCCCCCOc1ccc(C(=O)NNC(=O)COc2ccc(-c3ccccc3)cc2Br)cc1. The van der Waals surface area contributed by atoms with Gasteiger partial charge in [0.1, 0.15) is 11.5 Å². The zero-order chi connectivity index (χ0) is 24.2. The summed E-state index contributed by atoms with van der Waals surface area (Å²) in [4.78, 5) is 24.4. The molecule has 0 saturated carbocycles. The molecule has 6 nitrogen and oxygen atoms in total. The normalized spacial score (nSPS) is 10.4. The van der Waals surface area contributed by atoms with Crippen LogP contribution < -0.4 is 20.3 Å². The third-order valence-electron chi connectivity index (χ3n) is 5.10. The van der Waals surface area contributed by atoms with Crippen molar-refractivity contribution in [3.05, 3.63) is 82.8 Å². The first-order valence-corrected chi connectivity index (χ1v) is 12.2. The summed E-state index contributed by atoms with van der Waals surface area (Å²) in [7, 11) is 0. The van der Waals surface area contributed by atoms with E-state index < -0.39 is 11.8 Å². The van der Waals surface area contributed by atoms with Crippen molar-refractivity contribution < 1.29 is 19.1 Å². The number of halogens is 1. The molecule has 0 aliphatic carbocycles.